The molecule has 14 heavy (non-hydrogen) atoms. The van der Waals surface area contributed by atoms with Crippen LogP contribution in [0.15, 0.2) is 0 Å². The molecule has 0 amide bonds. The van der Waals surface area contributed by atoms with Crippen molar-refractivity contribution in [2.45, 2.75) is 19.6 Å². The molecule has 0 N–H and O–H groups in total. The van der Waals surface area contributed by atoms with Crippen LogP contribution in [0.25, 0.3) is 0 Å². The second kappa shape index (κ2) is 5.92. The van der Waals surface area contributed by atoms with Crippen LogP contribution in [0.3, 0.4) is 0 Å². The van der Waals surface area contributed by atoms with E-state index in [1.165, 1.54) is 0 Å². The summed E-state index contributed by atoms with van der Waals surface area (Å²) in [5.41, 5.74) is 2.89. The van der Waals surface area contributed by atoms with Crippen molar-refractivity contribution in [3.8, 4) is 35.6 Å². The standard InChI is InChI=1S/C11H12O2Si/c1-5-6-7-9-13-11(12)8-10-14(2,3)4/h1H,9H2,2-4H3. The van der Waals surface area contributed by atoms with Gasteiger partial charge in [0.2, 0.25) is 0 Å². The number of hydrogen-bond donors (Lipinski definition) is 0. The highest BCUT2D eigenvalue weighted by molar-refractivity contribution is 6.84. The van der Waals surface area contributed by atoms with Gasteiger partial charge in [-0.1, -0.05) is 19.6 Å². The molecule has 0 spiro atoms. The number of carbonyl (C=O) groups excluding carboxylic acids is 1. The second-order valence-corrected chi connectivity index (χ2v) is 8.27. The van der Waals surface area contributed by atoms with Gasteiger partial charge in [0.15, 0.2) is 6.61 Å². The first-order valence-corrected chi connectivity index (χ1v) is 7.59. The maximum absolute atomic E-state index is 11.0. The van der Waals surface area contributed by atoms with Gasteiger partial charge < -0.3 is 4.74 Å². The predicted octanol–water partition coefficient (Wildman–Crippen LogP) is 1.05. The molecule has 0 fully saturated rings. The highest BCUT2D eigenvalue weighted by Crippen LogP contribution is 1.95. The monoisotopic (exact) mass is 204 g/mol. The fraction of sp³-hybridized carbons (Fsp3) is 0.364. The average Bonchev–Trinajstić information content (AvgIpc) is 2.08. The minimum Gasteiger partial charge on any atom is -0.443 e. The van der Waals surface area contributed by atoms with Crippen LogP contribution in [0.5, 0.6) is 0 Å². The van der Waals surface area contributed by atoms with Crippen molar-refractivity contribution in [2.24, 2.45) is 0 Å². The molecule has 0 aromatic rings. The molecule has 0 aromatic heterocycles. The quantitative estimate of drug-likeness (QED) is 0.362. The Labute approximate surface area is 86.0 Å². The van der Waals surface area contributed by atoms with Gasteiger partial charge >= 0.3 is 5.97 Å². The fourth-order valence-corrected chi connectivity index (χ4v) is 0.940. The molecule has 0 atom stereocenters. The van der Waals surface area contributed by atoms with Gasteiger partial charge in [-0.3, -0.25) is 0 Å². The van der Waals surface area contributed by atoms with E-state index in [-0.39, 0.29) is 6.61 Å². The van der Waals surface area contributed by atoms with E-state index < -0.39 is 14.0 Å². The van der Waals surface area contributed by atoms with Crippen molar-refractivity contribution in [1.82, 2.24) is 0 Å². The third-order valence-electron chi connectivity index (χ3n) is 0.976. The summed E-state index contributed by atoms with van der Waals surface area (Å²) in [6.45, 7) is 6.14. The summed E-state index contributed by atoms with van der Waals surface area (Å²) in [5, 5.41) is 0. The summed E-state index contributed by atoms with van der Waals surface area (Å²) in [6.07, 6.45) is 4.87. The summed E-state index contributed by atoms with van der Waals surface area (Å²) in [5.74, 6) is 8.82. The molecule has 0 radical (unpaired) electrons. The lowest BCUT2D eigenvalue weighted by Crippen LogP contribution is -2.17. The maximum atomic E-state index is 11.0. The van der Waals surface area contributed by atoms with Crippen LogP contribution in [-0.4, -0.2) is 20.7 Å². The van der Waals surface area contributed by atoms with E-state index in [0.29, 0.717) is 0 Å². The molecule has 0 aliphatic carbocycles. The third-order valence-corrected chi connectivity index (χ3v) is 1.85. The molecule has 72 valence electrons. The minimum atomic E-state index is -1.50. The largest absolute Gasteiger partial charge is 0.443 e. The van der Waals surface area contributed by atoms with Crippen LogP contribution in [0.2, 0.25) is 19.6 Å². The van der Waals surface area contributed by atoms with E-state index in [0.717, 1.165) is 0 Å². The number of esters is 1. The summed E-state index contributed by atoms with van der Waals surface area (Å²) in [7, 11) is -1.50. The Morgan fingerprint density at radius 2 is 2.07 bits per heavy atom. The van der Waals surface area contributed by atoms with Crippen molar-refractivity contribution >= 4 is 14.0 Å². The first kappa shape index (κ1) is 12.4. The predicted molar refractivity (Wildman–Crippen MR) is 58.7 cm³/mol. The maximum Gasteiger partial charge on any atom is 0.384 e. The van der Waals surface area contributed by atoms with E-state index in [9.17, 15) is 4.79 Å². The van der Waals surface area contributed by atoms with Crippen LogP contribution in [0, 0.1) is 35.6 Å². The highest BCUT2D eigenvalue weighted by atomic mass is 28.3. The zero-order valence-corrected chi connectivity index (χ0v) is 9.60. The number of carbonyl (C=O) groups is 1. The Hall–Kier alpha value is -1.63. The summed E-state index contributed by atoms with van der Waals surface area (Å²) >= 11 is 0. The van der Waals surface area contributed by atoms with Gasteiger partial charge in [0.1, 0.15) is 8.07 Å². The van der Waals surface area contributed by atoms with Gasteiger partial charge in [-0.2, -0.15) is 0 Å². The SMILES string of the molecule is C#CC#CCOC(=O)C#C[Si](C)(C)C. The first-order chi connectivity index (χ1) is 6.45. The lowest BCUT2D eigenvalue weighted by molar-refractivity contribution is -0.135. The number of terminal acetylenes is 1. The van der Waals surface area contributed by atoms with E-state index in [4.69, 9.17) is 6.42 Å². The van der Waals surface area contributed by atoms with Crippen molar-refractivity contribution in [1.29, 1.82) is 0 Å². The summed E-state index contributed by atoms with van der Waals surface area (Å²) in [6, 6.07) is 0. The number of rotatable bonds is 1. The first-order valence-electron chi connectivity index (χ1n) is 4.09. The Bertz CT molecular complexity index is 361. The van der Waals surface area contributed by atoms with E-state index >= 15 is 0 Å². The third kappa shape index (κ3) is 8.46. The van der Waals surface area contributed by atoms with E-state index in [2.05, 4.69) is 34.0 Å². The molecular formula is C11H12O2Si. The Morgan fingerprint density at radius 1 is 1.43 bits per heavy atom. The van der Waals surface area contributed by atoms with Crippen molar-refractivity contribution in [2.75, 3.05) is 6.61 Å². The van der Waals surface area contributed by atoms with Crippen LogP contribution < -0.4 is 0 Å². The molecule has 0 aliphatic rings. The minimum absolute atomic E-state index is 0.00338. The molecule has 0 bridgehead atoms. The van der Waals surface area contributed by atoms with E-state index in [1.807, 2.05) is 19.6 Å². The molecule has 0 aliphatic heterocycles. The van der Waals surface area contributed by atoms with Crippen LogP contribution in [-0.2, 0) is 9.53 Å². The van der Waals surface area contributed by atoms with Crippen LogP contribution in [0.4, 0.5) is 0 Å². The Morgan fingerprint density at radius 3 is 2.57 bits per heavy atom. The summed E-state index contributed by atoms with van der Waals surface area (Å²) < 4.78 is 4.68. The molecular weight excluding hydrogens is 192 g/mol. The smallest absolute Gasteiger partial charge is 0.384 e. The van der Waals surface area contributed by atoms with Crippen molar-refractivity contribution in [3.63, 3.8) is 0 Å². The molecule has 0 saturated heterocycles. The zero-order chi connectivity index (χ0) is 11.0. The van der Waals surface area contributed by atoms with E-state index in [1.54, 1.807) is 0 Å². The van der Waals surface area contributed by atoms with Crippen molar-refractivity contribution in [3.05, 3.63) is 0 Å². The lowest BCUT2D eigenvalue weighted by atomic mass is 10.6. The Kier molecular flexibility index (Phi) is 5.23. The van der Waals surface area contributed by atoms with Gasteiger partial charge in [-0.25, -0.2) is 4.79 Å². The molecule has 0 rings (SSSR count). The molecule has 3 heteroatoms. The van der Waals surface area contributed by atoms with Gasteiger partial charge in [-0.15, -0.1) is 12.0 Å². The number of hydrogen-bond acceptors (Lipinski definition) is 2. The van der Waals surface area contributed by atoms with Crippen LogP contribution >= 0.6 is 0 Å². The topological polar surface area (TPSA) is 26.3 Å². The second-order valence-electron chi connectivity index (χ2n) is 3.52. The number of ether oxygens (including phenoxy) is 1. The van der Waals surface area contributed by atoms with Crippen molar-refractivity contribution < 1.29 is 9.53 Å². The fourth-order valence-electron chi connectivity index (χ4n) is 0.463. The van der Waals surface area contributed by atoms with Gasteiger partial charge in [0, 0.05) is 5.92 Å². The van der Waals surface area contributed by atoms with Gasteiger partial charge in [-0.05, 0) is 17.8 Å². The zero-order valence-electron chi connectivity index (χ0n) is 8.60. The summed E-state index contributed by atoms with van der Waals surface area (Å²) in [4.78, 5) is 11.0. The molecule has 0 aromatic carbocycles. The van der Waals surface area contributed by atoms with Gasteiger partial charge in [0.05, 0.1) is 0 Å². The van der Waals surface area contributed by atoms with Gasteiger partial charge in [0.25, 0.3) is 0 Å². The highest BCUT2D eigenvalue weighted by Gasteiger charge is 2.08. The molecule has 0 unspecified atom stereocenters. The molecule has 2 nitrogen and oxygen atoms in total. The lowest BCUT2D eigenvalue weighted by Gasteiger charge is -2.02. The molecule has 0 saturated carbocycles. The van der Waals surface area contributed by atoms with Crippen LogP contribution in [0.1, 0.15) is 0 Å². The average molecular weight is 204 g/mol. The Balaban J connectivity index is 4.00. The normalized spacial score (nSPS) is 8.43. The molecule has 0 heterocycles.